The predicted octanol–water partition coefficient (Wildman–Crippen LogP) is 2.73. The Morgan fingerprint density at radius 3 is 2.29 bits per heavy atom. The Balaban J connectivity index is 1.48. The van der Waals surface area contributed by atoms with E-state index in [1.165, 1.54) is 24.0 Å². The highest BCUT2D eigenvalue weighted by Crippen LogP contribution is 2.20. The Bertz CT molecular complexity index is 1000. The average molecular weight is 447 g/mol. The van der Waals surface area contributed by atoms with E-state index in [4.69, 9.17) is 0 Å². The molecular formula is C23H27FN2O4S. The molecule has 166 valence electrons. The van der Waals surface area contributed by atoms with E-state index in [1.807, 2.05) is 30.3 Å². The molecule has 1 saturated heterocycles. The van der Waals surface area contributed by atoms with Gasteiger partial charge in [-0.25, -0.2) is 12.8 Å². The van der Waals surface area contributed by atoms with Crippen LogP contribution in [0.15, 0.2) is 59.5 Å². The molecule has 3 rings (SSSR count). The van der Waals surface area contributed by atoms with Crippen molar-refractivity contribution < 1.29 is 22.4 Å². The SMILES string of the molecule is CC(C(=O)N1CCC(NC(=O)CCc2ccccc2)CC1)S(=O)(=O)c1ccc(F)cc1. The van der Waals surface area contributed by atoms with Crippen LogP contribution in [0.25, 0.3) is 0 Å². The minimum atomic E-state index is -3.90. The van der Waals surface area contributed by atoms with Gasteiger partial charge in [0.05, 0.1) is 4.90 Å². The molecule has 0 aliphatic carbocycles. The van der Waals surface area contributed by atoms with Crippen molar-refractivity contribution in [1.29, 1.82) is 0 Å². The van der Waals surface area contributed by atoms with E-state index in [9.17, 15) is 22.4 Å². The van der Waals surface area contributed by atoms with Crippen molar-refractivity contribution in [3.05, 3.63) is 66.0 Å². The van der Waals surface area contributed by atoms with Crippen LogP contribution in [-0.4, -0.2) is 49.5 Å². The highest BCUT2D eigenvalue weighted by atomic mass is 32.2. The molecule has 1 unspecified atom stereocenters. The zero-order valence-corrected chi connectivity index (χ0v) is 18.3. The Hall–Kier alpha value is -2.74. The molecule has 1 aliphatic heterocycles. The molecule has 1 N–H and O–H groups in total. The average Bonchev–Trinajstić information content (AvgIpc) is 2.78. The molecule has 31 heavy (non-hydrogen) atoms. The Kier molecular flexibility index (Phi) is 7.43. The maximum absolute atomic E-state index is 13.1. The maximum Gasteiger partial charge on any atom is 0.241 e. The molecule has 1 atom stereocenters. The van der Waals surface area contributed by atoms with Crippen molar-refractivity contribution in [2.75, 3.05) is 13.1 Å². The summed E-state index contributed by atoms with van der Waals surface area (Å²) in [6.07, 6.45) is 2.22. The number of nitrogens with zero attached hydrogens (tertiary/aromatic N) is 1. The van der Waals surface area contributed by atoms with Gasteiger partial charge in [0, 0.05) is 25.6 Å². The first-order chi connectivity index (χ1) is 14.8. The van der Waals surface area contributed by atoms with E-state index in [0.29, 0.717) is 38.8 Å². The van der Waals surface area contributed by atoms with Crippen LogP contribution in [0, 0.1) is 5.82 Å². The number of rotatable bonds is 7. The van der Waals surface area contributed by atoms with Gasteiger partial charge in [0.25, 0.3) is 0 Å². The molecular weight excluding hydrogens is 419 g/mol. The second-order valence-corrected chi connectivity index (χ2v) is 10.1. The van der Waals surface area contributed by atoms with Gasteiger partial charge in [-0.05, 0) is 56.0 Å². The summed E-state index contributed by atoms with van der Waals surface area (Å²) in [7, 11) is -3.90. The van der Waals surface area contributed by atoms with Gasteiger partial charge in [-0.1, -0.05) is 30.3 Å². The number of hydrogen-bond acceptors (Lipinski definition) is 4. The van der Waals surface area contributed by atoms with Gasteiger partial charge in [-0.2, -0.15) is 0 Å². The van der Waals surface area contributed by atoms with Crippen LogP contribution in [-0.2, 0) is 25.8 Å². The predicted molar refractivity (Wildman–Crippen MR) is 116 cm³/mol. The van der Waals surface area contributed by atoms with Crippen molar-refractivity contribution in [3.8, 4) is 0 Å². The minimum Gasteiger partial charge on any atom is -0.353 e. The van der Waals surface area contributed by atoms with Crippen LogP contribution < -0.4 is 5.32 Å². The van der Waals surface area contributed by atoms with Crippen LogP contribution in [0.1, 0.15) is 31.7 Å². The summed E-state index contributed by atoms with van der Waals surface area (Å²) in [4.78, 5) is 26.4. The number of halogens is 1. The van der Waals surface area contributed by atoms with Gasteiger partial charge in [-0.15, -0.1) is 0 Å². The van der Waals surface area contributed by atoms with Gasteiger partial charge in [0.1, 0.15) is 11.1 Å². The third-order valence-corrected chi connectivity index (χ3v) is 7.67. The number of nitrogens with one attached hydrogen (secondary N) is 1. The zero-order chi connectivity index (χ0) is 22.4. The quantitative estimate of drug-likeness (QED) is 0.663. The van der Waals surface area contributed by atoms with Gasteiger partial charge in [0.15, 0.2) is 9.84 Å². The van der Waals surface area contributed by atoms with E-state index < -0.39 is 26.8 Å². The van der Waals surface area contributed by atoms with Crippen molar-refractivity contribution >= 4 is 21.7 Å². The first kappa shape index (κ1) is 22.9. The van der Waals surface area contributed by atoms with Crippen LogP contribution in [0.2, 0.25) is 0 Å². The van der Waals surface area contributed by atoms with Crippen LogP contribution in [0.3, 0.4) is 0 Å². The third kappa shape index (κ3) is 5.91. The van der Waals surface area contributed by atoms with Gasteiger partial charge < -0.3 is 10.2 Å². The summed E-state index contributed by atoms with van der Waals surface area (Å²) in [6, 6.07) is 14.2. The molecule has 0 aromatic heterocycles. The topological polar surface area (TPSA) is 83.6 Å². The molecule has 8 heteroatoms. The standard InChI is InChI=1S/C23H27FN2O4S/c1-17(31(29,30)21-10-8-19(24)9-11-21)23(28)26-15-13-20(14-16-26)25-22(27)12-7-18-5-3-2-4-6-18/h2-6,8-11,17,20H,7,12-16H2,1H3,(H,25,27). The number of amides is 2. The third-order valence-electron chi connectivity index (χ3n) is 5.61. The summed E-state index contributed by atoms with van der Waals surface area (Å²) in [5.41, 5.74) is 1.11. The highest BCUT2D eigenvalue weighted by Gasteiger charge is 2.34. The summed E-state index contributed by atoms with van der Waals surface area (Å²) in [6.45, 7) is 2.12. The molecule has 0 bridgehead atoms. The fraction of sp³-hybridized carbons (Fsp3) is 0.391. The second kappa shape index (κ2) is 10.0. The second-order valence-electron chi connectivity index (χ2n) is 7.79. The van der Waals surface area contributed by atoms with Crippen molar-refractivity contribution in [1.82, 2.24) is 10.2 Å². The van der Waals surface area contributed by atoms with E-state index in [-0.39, 0.29) is 16.8 Å². The lowest BCUT2D eigenvalue weighted by Crippen LogP contribution is -2.49. The first-order valence-corrected chi connectivity index (χ1v) is 11.9. The van der Waals surface area contributed by atoms with Crippen LogP contribution in [0.4, 0.5) is 4.39 Å². The lowest BCUT2D eigenvalue weighted by atomic mass is 10.0. The number of hydrogen-bond donors (Lipinski definition) is 1. The first-order valence-electron chi connectivity index (χ1n) is 10.4. The maximum atomic E-state index is 13.1. The molecule has 1 heterocycles. The largest absolute Gasteiger partial charge is 0.353 e. The number of aryl methyl sites for hydroxylation is 1. The van der Waals surface area contributed by atoms with Crippen molar-refractivity contribution in [3.63, 3.8) is 0 Å². The number of sulfone groups is 1. The fourth-order valence-corrected chi connectivity index (χ4v) is 5.00. The summed E-state index contributed by atoms with van der Waals surface area (Å²) >= 11 is 0. The Morgan fingerprint density at radius 2 is 1.68 bits per heavy atom. The summed E-state index contributed by atoms with van der Waals surface area (Å²) < 4.78 is 38.5. The molecule has 2 amide bonds. The molecule has 0 saturated carbocycles. The number of benzene rings is 2. The van der Waals surface area contributed by atoms with Crippen LogP contribution in [0.5, 0.6) is 0 Å². The van der Waals surface area contributed by atoms with Gasteiger partial charge in [-0.3, -0.25) is 9.59 Å². The number of piperidine rings is 1. The monoisotopic (exact) mass is 446 g/mol. The highest BCUT2D eigenvalue weighted by molar-refractivity contribution is 7.92. The molecule has 2 aromatic carbocycles. The Morgan fingerprint density at radius 1 is 1.06 bits per heavy atom. The lowest BCUT2D eigenvalue weighted by molar-refractivity contribution is -0.131. The number of carbonyl (C=O) groups excluding carboxylic acids is 2. The summed E-state index contributed by atoms with van der Waals surface area (Å²) in [5.74, 6) is -1.04. The molecule has 6 nitrogen and oxygen atoms in total. The van der Waals surface area contributed by atoms with Gasteiger partial charge >= 0.3 is 0 Å². The summed E-state index contributed by atoms with van der Waals surface area (Å²) in [5, 5.41) is 1.75. The van der Waals surface area contributed by atoms with Crippen LogP contribution >= 0.6 is 0 Å². The number of carbonyl (C=O) groups is 2. The van der Waals surface area contributed by atoms with E-state index in [0.717, 1.165) is 17.7 Å². The van der Waals surface area contributed by atoms with E-state index in [2.05, 4.69) is 5.32 Å². The van der Waals surface area contributed by atoms with Crippen molar-refractivity contribution in [2.45, 2.75) is 48.8 Å². The van der Waals surface area contributed by atoms with Crippen molar-refractivity contribution in [2.24, 2.45) is 0 Å². The smallest absolute Gasteiger partial charge is 0.241 e. The molecule has 2 aromatic rings. The van der Waals surface area contributed by atoms with Gasteiger partial charge in [0.2, 0.25) is 11.8 Å². The fourth-order valence-electron chi connectivity index (χ4n) is 3.66. The van der Waals surface area contributed by atoms with E-state index in [1.54, 1.807) is 0 Å². The number of likely N-dealkylation sites (tertiary alicyclic amines) is 1. The van der Waals surface area contributed by atoms with E-state index >= 15 is 0 Å². The molecule has 1 aliphatic rings. The normalized spacial score (nSPS) is 16.0. The zero-order valence-electron chi connectivity index (χ0n) is 17.5. The molecule has 0 radical (unpaired) electrons. The minimum absolute atomic E-state index is 0.0270. The molecule has 1 fully saturated rings. The lowest BCUT2D eigenvalue weighted by Gasteiger charge is -2.33. The molecule has 0 spiro atoms. The Labute approximate surface area is 182 Å².